The van der Waals surface area contributed by atoms with E-state index in [2.05, 4.69) is 169 Å². The molecule has 4 heterocycles. The molecule has 0 fully saturated rings. The Labute approximate surface area is 304 Å². The van der Waals surface area contributed by atoms with E-state index in [1.165, 1.54) is 99.8 Å². The summed E-state index contributed by atoms with van der Waals surface area (Å²) in [5, 5.41) is 7.48. The molecule has 0 saturated heterocycles. The zero-order chi connectivity index (χ0) is 34.2. The monoisotopic (exact) mass is 669 g/mol. The second-order valence-electron chi connectivity index (χ2n) is 15.1. The minimum absolute atomic E-state index is 0.456. The molecule has 2 heteroatoms. The smallest absolute Gasteiger partial charge is 0.143 e. The predicted molar refractivity (Wildman–Crippen MR) is 218 cm³/mol. The van der Waals surface area contributed by atoms with Crippen LogP contribution in [-0.2, 0) is 5.41 Å². The Kier molecular flexibility index (Phi) is 4.52. The first-order valence-electron chi connectivity index (χ1n) is 18.5. The molecule has 4 aliphatic rings. The predicted octanol–water partition coefficient (Wildman–Crippen LogP) is 13.7. The van der Waals surface area contributed by atoms with Crippen molar-refractivity contribution in [2.75, 3.05) is 4.90 Å². The van der Waals surface area contributed by atoms with Crippen molar-refractivity contribution in [1.29, 1.82) is 0 Å². The number of hydrogen-bond donors (Lipinski definition) is 0. The maximum Gasteiger partial charge on any atom is 0.143 e. The largest absolute Gasteiger partial charge is 0.455 e. The zero-order valence-corrected chi connectivity index (χ0v) is 28.4. The van der Waals surface area contributed by atoms with Crippen molar-refractivity contribution in [2.45, 2.75) is 5.41 Å². The van der Waals surface area contributed by atoms with E-state index in [-0.39, 0.29) is 0 Å². The fraction of sp³-hybridized carbons (Fsp3) is 0.0196. The van der Waals surface area contributed by atoms with Gasteiger partial charge in [-0.3, -0.25) is 0 Å². The number of nitrogens with zero attached hydrogens (tertiary/aromatic N) is 1. The Morgan fingerprint density at radius 1 is 0.377 bits per heavy atom. The first-order chi connectivity index (χ1) is 26.3. The average molecular weight is 670 g/mol. The Bertz CT molecular complexity index is 3200. The van der Waals surface area contributed by atoms with Gasteiger partial charge in [-0.1, -0.05) is 146 Å². The second kappa shape index (κ2) is 8.93. The highest BCUT2D eigenvalue weighted by atomic mass is 16.3. The topological polar surface area (TPSA) is 16.4 Å². The lowest BCUT2D eigenvalue weighted by molar-refractivity contribution is 0.670. The van der Waals surface area contributed by atoms with Crippen molar-refractivity contribution in [3.8, 4) is 44.5 Å². The van der Waals surface area contributed by atoms with Crippen LogP contribution in [0.15, 0.2) is 168 Å². The molecule has 2 nitrogen and oxygen atoms in total. The fourth-order valence-electron chi connectivity index (χ4n) is 11.0. The Balaban J connectivity index is 1.19. The van der Waals surface area contributed by atoms with Gasteiger partial charge in [-0.15, -0.1) is 0 Å². The molecule has 242 valence electrons. The third-order valence-corrected chi connectivity index (χ3v) is 12.9. The van der Waals surface area contributed by atoms with E-state index in [4.69, 9.17) is 4.42 Å². The van der Waals surface area contributed by atoms with Gasteiger partial charge in [-0.25, -0.2) is 0 Å². The first-order valence-corrected chi connectivity index (χ1v) is 18.5. The maximum absolute atomic E-state index is 6.64. The number of furan rings is 1. The van der Waals surface area contributed by atoms with Crippen LogP contribution in [0.25, 0.3) is 88.0 Å². The van der Waals surface area contributed by atoms with Crippen LogP contribution in [0.4, 0.5) is 17.1 Å². The summed E-state index contributed by atoms with van der Waals surface area (Å²) in [6.45, 7) is 0. The number of benzene rings is 9. The molecular weight excluding hydrogens is 643 g/mol. The lowest BCUT2D eigenvalue weighted by Gasteiger charge is -2.50. The molecule has 1 aliphatic carbocycles. The third kappa shape index (κ3) is 2.90. The van der Waals surface area contributed by atoms with E-state index >= 15 is 0 Å². The van der Waals surface area contributed by atoms with Crippen LogP contribution in [-0.4, -0.2) is 0 Å². The van der Waals surface area contributed by atoms with E-state index in [9.17, 15) is 0 Å². The van der Waals surface area contributed by atoms with E-state index in [0.29, 0.717) is 0 Å². The number of para-hydroxylation sites is 2. The summed E-state index contributed by atoms with van der Waals surface area (Å²) in [4.78, 5) is 2.67. The normalized spacial score (nSPS) is 14.5. The standard InChI is InChI=1S/C51H27NO/c1-4-19-40-32(12-1)33-13-2-5-20-41(33)51(40)42-24-22-28-10-7-16-35-38-26-30(31-15-9-18-37-34-14-3-6-21-44(34)53-50(31)37)27-39-36-17-8-11-29-23-25-43(51)49(46(29)36)52(47(38)39)48(42)45(28)35/h1-27H. The van der Waals surface area contributed by atoms with Crippen LogP contribution < -0.4 is 4.90 Å². The summed E-state index contributed by atoms with van der Waals surface area (Å²) in [5.74, 6) is 0. The lowest BCUT2D eigenvalue weighted by atomic mass is 9.62. The fourth-order valence-corrected chi connectivity index (χ4v) is 11.0. The second-order valence-corrected chi connectivity index (χ2v) is 15.1. The molecule has 0 bridgehead atoms. The molecule has 0 N–H and O–H groups in total. The van der Waals surface area contributed by atoms with E-state index < -0.39 is 5.41 Å². The van der Waals surface area contributed by atoms with Gasteiger partial charge in [0.1, 0.15) is 11.2 Å². The minimum Gasteiger partial charge on any atom is -0.455 e. The summed E-state index contributed by atoms with van der Waals surface area (Å²) in [6, 6.07) is 61.5. The molecule has 1 spiro atoms. The first kappa shape index (κ1) is 26.8. The van der Waals surface area contributed by atoms with Crippen molar-refractivity contribution in [1.82, 2.24) is 0 Å². The molecule has 53 heavy (non-hydrogen) atoms. The SMILES string of the molecule is c1ccc2c(c1)-c1ccccc1C21c2ccc3cccc4c3c2N2c3c-4cc(-c4cccc5c4oc4ccccc45)cc3-c3cccc4ccc1c2c34. The van der Waals surface area contributed by atoms with Gasteiger partial charge >= 0.3 is 0 Å². The van der Waals surface area contributed by atoms with Gasteiger partial charge in [-0.05, 0) is 79.0 Å². The molecule has 1 aromatic heterocycles. The molecule has 10 aromatic rings. The molecule has 9 aromatic carbocycles. The van der Waals surface area contributed by atoms with Crippen LogP contribution in [0.3, 0.4) is 0 Å². The number of hydrogen-bond acceptors (Lipinski definition) is 2. The highest BCUT2D eigenvalue weighted by Gasteiger charge is 2.54. The van der Waals surface area contributed by atoms with Gasteiger partial charge < -0.3 is 9.32 Å². The molecule has 3 aliphatic heterocycles. The average Bonchev–Trinajstić information content (AvgIpc) is 3.74. The molecule has 0 unspecified atom stereocenters. The van der Waals surface area contributed by atoms with E-state index in [1.807, 2.05) is 0 Å². The number of rotatable bonds is 1. The van der Waals surface area contributed by atoms with E-state index in [0.717, 1.165) is 27.5 Å². The quantitative estimate of drug-likeness (QED) is 0.173. The Morgan fingerprint density at radius 2 is 0.906 bits per heavy atom. The Hall–Kier alpha value is -6.90. The Morgan fingerprint density at radius 3 is 1.57 bits per heavy atom. The summed E-state index contributed by atoms with van der Waals surface area (Å²) in [7, 11) is 0. The molecule has 0 atom stereocenters. The minimum atomic E-state index is -0.456. The van der Waals surface area contributed by atoms with Crippen molar-refractivity contribution in [3.05, 3.63) is 186 Å². The van der Waals surface area contributed by atoms with Gasteiger partial charge in [0.2, 0.25) is 0 Å². The van der Waals surface area contributed by atoms with Crippen LogP contribution >= 0.6 is 0 Å². The van der Waals surface area contributed by atoms with Crippen molar-refractivity contribution < 1.29 is 4.42 Å². The third-order valence-electron chi connectivity index (χ3n) is 12.9. The van der Waals surface area contributed by atoms with Gasteiger partial charge in [0, 0.05) is 38.2 Å². The van der Waals surface area contributed by atoms with E-state index in [1.54, 1.807) is 0 Å². The zero-order valence-electron chi connectivity index (χ0n) is 28.4. The van der Waals surface area contributed by atoms with Crippen molar-refractivity contribution >= 4 is 60.5 Å². The van der Waals surface area contributed by atoms with Crippen LogP contribution in [0.5, 0.6) is 0 Å². The number of fused-ring (bicyclic) bond motifs is 12. The highest BCUT2D eigenvalue weighted by Crippen LogP contribution is 2.70. The van der Waals surface area contributed by atoms with Gasteiger partial charge in [0.25, 0.3) is 0 Å². The summed E-state index contributed by atoms with van der Waals surface area (Å²) in [5.41, 5.74) is 20.8. The summed E-state index contributed by atoms with van der Waals surface area (Å²) in [6.07, 6.45) is 0. The van der Waals surface area contributed by atoms with Gasteiger partial charge in [0.05, 0.1) is 22.5 Å². The molecule has 0 amide bonds. The molecule has 0 saturated carbocycles. The van der Waals surface area contributed by atoms with Crippen LogP contribution in [0.2, 0.25) is 0 Å². The molecule has 0 radical (unpaired) electrons. The summed E-state index contributed by atoms with van der Waals surface area (Å²) < 4.78 is 6.64. The molecular formula is C51H27NO. The molecule has 14 rings (SSSR count). The van der Waals surface area contributed by atoms with Crippen LogP contribution in [0, 0.1) is 0 Å². The van der Waals surface area contributed by atoms with Gasteiger partial charge in [-0.2, -0.15) is 0 Å². The lowest BCUT2D eigenvalue weighted by Crippen LogP contribution is -2.38. The van der Waals surface area contributed by atoms with Crippen molar-refractivity contribution in [2.24, 2.45) is 0 Å². The van der Waals surface area contributed by atoms with Gasteiger partial charge in [0.15, 0.2) is 0 Å². The highest BCUT2D eigenvalue weighted by molar-refractivity contribution is 6.26. The maximum atomic E-state index is 6.64. The number of anilines is 3. The van der Waals surface area contributed by atoms with Crippen molar-refractivity contribution in [3.63, 3.8) is 0 Å². The summed E-state index contributed by atoms with van der Waals surface area (Å²) >= 11 is 0. The van der Waals surface area contributed by atoms with Crippen LogP contribution in [0.1, 0.15) is 22.3 Å².